The molecule has 0 aliphatic carbocycles. The summed E-state index contributed by atoms with van der Waals surface area (Å²) in [6.07, 6.45) is 2.15. The lowest BCUT2D eigenvalue weighted by Crippen LogP contribution is -2.10. The molecule has 3 aromatic heterocycles. The van der Waals surface area contributed by atoms with Crippen LogP contribution < -0.4 is 0 Å². The molecule has 0 saturated heterocycles. The molecule has 0 fully saturated rings. The number of nitrogens with zero attached hydrogens (tertiary/aromatic N) is 1. The van der Waals surface area contributed by atoms with Crippen molar-refractivity contribution in [3.63, 3.8) is 0 Å². The first-order valence-electron chi connectivity index (χ1n) is 9.76. The molecule has 142 valence electrons. The minimum atomic E-state index is 0.0450. The van der Waals surface area contributed by atoms with Crippen LogP contribution in [0, 0.1) is 0 Å². The molecule has 1 unspecified atom stereocenters. The number of rotatable bonds is 6. The van der Waals surface area contributed by atoms with Gasteiger partial charge in [-0.05, 0) is 46.8 Å². The van der Waals surface area contributed by atoms with Crippen LogP contribution in [-0.4, -0.2) is 4.57 Å². The average molecular weight is 396 g/mol. The molecular weight excluding hydrogens is 374 g/mol. The SMILES string of the molecule is c1ccc(Cn2cccc2C(c2ccccc2)c2ccc(-c3cccs3)o2)cc1. The van der Waals surface area contributed by atoms with Crippen molar-refractivity contribution >= 4 is 11.3 Å². The van der Waals surface area contributed by atoms with Gasteiger partial charge >= 0.3 is 0 Å². The van der Waals surface area contributed by atoms with Crippen LogP contribution in [0.3, 0.4) is 0 Å². The highest BCUT2D eigenvalue weighted by Crippen LogP contribution is 2.36. The van der Waals surface area contributed by atoms with Crippen LogP contribution in [0.1, 0.15) is 28.5 Å². The zero-order valence-corrected chi connectivity index (χ0v) is 16.8. The molecular formula is C26H21NOS. The van der Waals surface area contributed by atoms with E-state index in [4.69, 9.17) is 4.42 Å². The topological polar surface area (TPSA) is 18.1 Å². The highest BCUT2D eigenvalue weighted by atomic mass is 32.1. The molecule has 0 aliphatic heterocycles. The second-order valence-corrected chi connectivity index (χ2v) is 8.02. The van der Waals surface area contributed by atoms with E-state index in [1.165, 1.54) is 16.8 Å². The van der Waals surface area contributed by atoms with Crippen molar-refractivity contribution in [3.05, 3.63) is 131 Å². The van der Waals surface area contributed by atoms with E-state index >= 15 is 0 Å². The van der Waals surface area contributed by atoms with Gasteiger partial charge in [0.1, 0.15) is 11.5 Å². The van der Waals surface area contributed by atoms with Crippen molar-refractivity contribution in [3.8, 4) is 10.6 Å². The average Bonchev–Trinajstić information content (AvgIpc) is 3.53. The molecule has 0 aliphatic rings. The number of hydrogen-bond acceptors (Lipinski definition) is 2. The number of benzene rings is 2. The summed E-state index contributed by atoms with van der Waals surface area (Å²) < 4.78 is 8.69. The van der Waals surface area contributed by atoms with E-state index in [2.05, 4.69) is 113 Å². The Morgan fingerprint density at radius 1 is 0.759 bits per heavy atom. The van der Waals surface area contributed by atoms with Crippen molar-refractivity contribution in [2.24, 2.45) is 0 Å². The van der Waals surface area contributed by atoms with Crippen LogP contribution in [0.15, 0.2) is 113 Å². The second-order valence-electron chi connectivity index (χ2n) is 7.07. The molecule has 29 heavy (non-hydrogen) atoms. The van der Waals surface area contributed by atoms with Gasteiger partial charge in [-0.3, -0.25) is 0 Å². The molecule has 0 radical (unpaired) electrons. The fourth-order valence-corrected chi connectivity index (χ4v) is 4.49. The van der Waals surface area contributed by atoms with Gasteiger partial charge in [-0.25, -0.2) is 0 Å². The van der Waals surface area contributed by atoms with E-state index in [0.717, 1.165) is 22.9 Å². The Hall–Kier alpha value is -3.30. The van der Waals surface area contributed by atoms with Gasteiger partial charge in [-0.2, -0.15) is 0 Å². The molecule has 0 N–H and O–H groups in total. The standard InChI is InChI=1S/C26H21NOS/c1-3-9-20(10-4-1)19-27-17-7-13-22(27)26(21-11-5-2-6-12-21)24-16-15-23(28-24)25-14-8-18-29-25/h1-18,26H,19H2. The lowest BCUT2D eigenvalue weighted by Gasteiger charge is -2.19. The Morgan fingerprint density at radius 3 is 2.31 bits per heavy atom. The maximum Gasteiger partial charge on any atom is 0.144 e. The summed E-state index contributed by atoms with van der Waals surface area (Å²) >= 11 is 1.70. The Kier molecular flexibility index (Phi) is 4.89. The van der Waals surface area contributed by atoms with Gasteiger partial charge in [0, 0.05) is 18.4 Å². The molecule has 1 atom stereocenters. The predicted molar refractivity (Wildman–Crippen MR) is 119 cm³/mol. The molecule has 2 nitrogen and oxygen atoms in total. The second kappa shape index (κ2) is 7.98. The number of hydrogen-bond donors (Lipinski definition) is 0. The van der Waals surface area contributed by atoms with Gasteiger partial charge < -0.3 is 8.98 Å². The third kappa shape index (κ3) is 3.69. The van der Waals surface area contributed by atoms with Gasteiger partial charge in [0.2, 0.25) is 0 Å². The van der Waals surface area contributed by atoms with Crippen LogP contribution in [0.25, 0.3) is 10.6 Å². The summed E-state index contributed by atoms with van der Waals surface area (Å²) in [6, 6.07) is 33.9. The normalized spacial score (nSPS) is 12.1. The minimum absolute atomic E-state index is 0.0450. The number of thiophene rings is 1. The van der Waals surface area contributed by atoms with Crippen molar-refractivity contribution in [2.45, 2.75) is 12.5 Å². The Balaban J connectivity index is 1.57. The molecule has 2 aromatic carbocycles. The van der Waals surface area contributed by atoms with Crippen molar-refractivity contribution in [2.75, 3.05) is 0 Å². The zero-order valence-electron chi connectivity index (χ0n) is 15.9. The van der Waals surface area contributed by atoms with Gasteiger partial charge in [-0.15, -0.1) is 11.3 Å². The lowest BCUT2D eigenvalue weighted by atomic mass is 9.93. The van der Waals surface area contributed by atoms with Crippen molar-refractivity contribution < 1.29 is 4.42 Å². The predicted octanol–water partition coefficient (Wildman–Crippen LogP) is 7.04. The van der Waals surface area contributed by atoms with Gasteiger partial charge in [-0.1, -0.05) is 66.7 Å². The van der Waals surface area contributed by atoms with E-state index in [1.807, 2.05) is 0 Å². The first-order valence-corrected chi connectivity index (χ1v) is 10.6. The van der Waals surface area contributed by atoms with Crippen LogP contribution in [0.2, 0.25) is 0 Å². The number of furan rings is 1. The molecule has 0 saturated carbocycles. The summed E-state index contributed by atoms with van der Waals surface area (Å²) in [5.41, 5.74) is 3.75. The highest BCUT2D eigenvalue weighted by Gasteiger charge is 2.23. The monoisotopic (exact) mass is 395 g/mol. The third-order valence-electron chi connectivity index (χ3n) is 5.16. The fourth-order valence-electron chi connectivity index (χ4n) is 3.80. The molecule has 5 aromatic rings. The first-order chi connectivity index (χ1) is 14.4. The van der Waals surface area contributed by atoms with Crippen molar-refractivity contribution in [1.29, 1.82) is 0 Å². The lowest BCUT2D eigenvalue weighted by molar-refractivity contribution is 0.508. The van der Waals surface area contributed by atoms with E-state index in [0.29, 0.717) is 0 Å². The van der Waals surface area contributed by atoms with E-state index < -0.39 is 0 Å². The van der Waals surface area contributed by atoms with Crippen LogP contribution in [0.4, 0.5) is 0 Å². The summed E-state index contributed by atoms with van der Waals surface area (Å²) in [4.78, 5) is 1.16. The fraction of sp³-hybridized carbons (Fsp3) is 0.0769. The van der Waals surface area contributed by atoms with Crippen molar-refractivity contribution in [1.82, 2.24) is 4.57 Å². The molecule has 3 heteroatoms. The smallest absolute Gasteiger partial charge is 0.144 e. The third-order valence-corrected chi connectivity index (χ3v) is 6.05. The summed E-state index contributed by atoms with van der Waals surface area (Å²) in [6.45, 7) is 0.838. The van der Waals surface area contributed by atoms with E-state index in [-0.39, 0.29) is 5.92 Å². The minimum Gasteiger partial charge on any atom is -0.459 e. The van der Waals surface area contributed by atoms with Crippen LogP contribution in [-0.2, 0) is 6.54 Å². The first kappa shape index (κ1) is 17.8. The summed E-state index contributed by atoms with van der Waals surface area (Å²) in [5, 5.41) is 2.08. The van der Waals surface area contributed by atoms with Gasteiger partial charge in [0.05, 0.1) is 10.8 Å². The highest BCUT2D eigenvalue weighted by molar-refractivity contribution is 7.13. The molecule has 5 rings (SSSR count). The zero-order chi connectivity index (χ0) is 19.5. The molecule has 0 amide bonds. The molecule has 0 spiro atoms. The maximum absolute atomic E-state index is 6.37. The largest absolute Gasteiger partial charge is 0.459 e. The summed E-state index contributed by atoms with van der Waals surface area (Å²) in [7, 11) is 0. The Morgan fingerprint density at radius 2 is 1.55 bits per heavy atom. The van der Waals surface area contributed by atoms with E-state index in [9.17, 15) is 0 Å². The number of aromatic nitrogens is 1. The Bertz CT molecular complexity index is 1170. The van der Waals surface area contributed by atoms with Crippen LogP contribution >= 0.6 is 11.3 Å². The van der Waals surface area contributed by atoms with Crippen LogP contribution in [0.5, 0.6) is 0 Å². The molecule has 3 heterocycles. The van der Waals surface area contributed by atoms with Gasteiger partial charge in [0.25, 0.3) is 0 Å². The molecule has 0 bridgehead atoms. The summed E-state index contributed by atoms with van der Waals surface area (Å²) in [5.74, 6) is 1.94. The quantitative estimate of drug-likeness (QED) is 0.301. The Labute approximate surface area is 174 Å². The maximum atomic E-state index is 6.37. The van der Waals surface area contributed by atoms with E-state index in [1.54, 1.807) is 11.3 Å². The van der Waals surface area contributed by atoms with Gasteiger partial charge in [0.15, 0.2) is 0 Å².